The van der Waals surface area contributed by atoms with Crippen molar-refractivity contribution in [1.82, 2.24) is 19.7 Å². The summed E-state index contributed by atoms with van der Waals surface area (Å²) in [4.78, 5) is 6.36. The summed E-state index contributed by atoms with van der Waals surface area (Å²) < 4.78 is 12.1. The lowest BCUT2D eigenvalue weighted by Crippen LogP contribution is -2.61. The molecule has 38 heavy (non-hydrogen) atoms. The van der Waals surface area contributed by atoms with Gasteiger partial charge in [0.2, 0.25) is 5.88 Å². The number of rotatable bonds is 8. The van der Waals surface area contributed by atoms with Crippen LogP contribution in [-0.4, -0.2) is 89.7 Å². The predicted molar refractivity (Wildman–Crippen MR) is 130 cm³/mol. The highest BCUT2D eigenvalue weighted by atomic mass is 16.8. The van der Waals surface area contributed by atoms with Crippen LogP contribution in [0.5, 0.6) is 11.6 Å². The van der Waals surface area contributed by atoms with Crippen LogP contribution in [-0.2, 0) is 11.3 Å². The smallest absolute Gasteiger partial charge is 0.256 e. The van der Waals surface area contributed by atoms with Gasteiger partial charge in [-0.3, -0.25) is 0 Å². The number of aliphatic hydroxyl groups excluding tert-OH is 4. The minimum atomic E-state index is -1.60. The fraction of sp³-hybridized carbons (Fsp3) is 0.333. The number of benzene rings is 2. The Morgan fingerprint density at radius 2 is 1.76 bits per heavy atom. The molecular weight excluding hydrogens is 500 g/mol. The summed E-state index contributed by atoms with van der Waals surface area (Å²) in [6.45, 7) is -0.506. The Labute approximate surface area is 215 Å². The Balaban J connectivity index is 1.36. The van der Waals surface area contributed by atoms with Gasteiger partial charge in [-0.15, -0.1) is 10.2 Å². The molecule has 14 heteroatoms. The molecule has 3 heterocycles. The van der Waals surface area contributed by atoms with Gasteiger partial charge in [-0.2, -0.15) is 5.11 Å². The van der Waals surface area contributed by atoms with E-state index in [1.807, 2.05) is 24.3 Å². The summed E-state index contributed by atoms with van der Waals surface area (Å²) >= 11 is 0. The first-order valence-corrected chi connectivity index (χ1v) is 11.6. The second-order valence-corrected chi connectivity index (χ2v) is 8.59. The van der Waals surface area contributed by atoms with Gasteiger partial charge in [0.25, 0.3) is 6.29 Å². The zero-order valence-corrected chi connectivity index (χ0v) is 20.1. The first kappa shape index (κ1) is 25.6. The van der Waals surface area contributed by atoms with E-state index in [2.05, 4.69) is 20.5 Å². The molecule has 2 aromatic heterocycles. The Morgan fingerprint density at radius 1 is 1.00 bits per heavy atom. The predicted octanol–water partition coefficient (Wildman–Crippen LogP) is 0.639. The van der Waals surface area contributed by atoms with Crippen molar-refractivity contribution in [2.75, 3.05) is 13.7 Å². The highest BCUT2D eigenvalue weighted by Crippen LogP contribution is 2.39. The largest absolute Gasteiger partial charge is 0.497 e. The topological polar surface area (TPSA) is 189 Å². The molecule has 0 saturated carbocycles. The monoisotopic (exact) mass is 526 g/mol. The van der Waals surface area contributed by atoms with E-state index in [0.29, 0.717) is 28.0 Å². The van der Waals surface area contributed by atoms with Gasteiger partial charge in [-0.25, -0.2) is 0 Å². The van der Waals surface area contributed by atoms with Crippen molar-refractivity contribution in [3.05, 3.63) is 60.4 Å². The summed E-state index contributed by atoms with van der Waals surface area (Å²) in [6.07, 6.45) is -5.86. The van der Waals surface area contributed by atoms with Gasteiger partial charge in [0.15, 0.2) is 5.69 Å². The molecule has 0 aliphatic carbocycles. The Kier molecular flexibility index (Phi) is 7.22. The molecule has 0 spiro atoms. The van der Waals surface area contributed by atoms with E-state index in [-0.39, 0.29) is 18.1 Å². The maximum absolute atomic E-state index is 11.0. The standard InChI is InChI=1S/C24H26N6O8/c1-36-15-8-6-13(7-9-15)25-27-19-16-4-2-3-5-17(16)29(23(19)35)10-14-11-30(28-26-14)38-24-22(34)21(33)20(32)18(12-31)37-24/h2-9,11,18,20-22,24,31-35H,10,12H2,1H3/t18-,20-,21+,22-,24+/m1/s1. The summed E-state index contributed by atoms with van der Waals surface area (Å²) in [5.74, 6) is 0.555. The molecule has 1 aliphatic heterocycles. The second kappa shape index (κ2) is 10.7. The van der Waals surface area contributed by atoms with Gasteiger partial charge in [-0.05, 0) is 35.5 Å². The first-order valence-electron chi connectivity index (χ1n) is 11.6. The third-order valence-electron chi connectivity index (χ3n) is 6.16. The fourth-order valence-corrected chi connectivity index (χ4v) is 4.11. The summed E-state index contributed by atoms with van der Waals surface area (Å²) in [6, 6.07) is 14.3. The van der Waals surface area contributed by atoms with Crippen molar-refractivity contribution in [1.29, 1.82) is 0 Å². The Morgan fingerprint density at radius 3 is 2.50 bits per heavy atom. The van der Waals surface area contributed by atoms with Gasteiger partial charge in [-0.1, -0.05) is 23.0 Å². The molecule has 5 rings (SSSR count). The zero-order valence-electron chi connectivity index (χ0n) is 20.1. The van der Waals surface area contributed by atoms with Crippen molar-refractivity contribution >= 4 is 22.3 Å². The number of para-hydroxylation sites is 1. The average Bonchev–Trinajstić information content (AvgIpc) is 3.49. The van der Waals surface area contributed by atoms with Crippen molar-refractivity contribution < 1.29 is 39.8 Å². The molecule has 5 N–H and O–H groups in total. The maximum atomic E-state index is 11.0. The molecule has 1 aliphatic rings. The van der Waals surface area contributed by atoms with E-state index < -0.39 is 37.3 Å². The number of aliphatic hydroxyl groups is 4. The molecule has 0 bridgehead atoms. The minimum Gasteiger partial charge on any atom is -0.497 e. The summed E-state index contributed by atoms with van der Waals surface area (Å²) in [5, 5.41) is 67.5. The normalized spacial score (nSPS) is 23.8. The molecule has 14 nitrogen and oxygen atoms in total. The molecule has 0 radical (unpaired) electrons. The molecule has 1 saturated heterocycles. The van der Waals surface area contributed by atoms with Crippen LogP contribution in [0.4, 0.5) is 11.4 Å². The van der Waals surface area contributed by atoms with E-state index in [0.717, 1.165) is 4.85 Å². The van der Waals surface area contributed by atoms with Crippen molar-refractivity contribution in [3.8, 4) is 11.6 Å². The van der Waals surface area contributed by atoms with Crippen LogP contribution < -0.4 is 9.57 Å². The first-order chi connectivity index (χ1) is 18.4. The molecule has 0 unspecified atom stereocenters. The van der Waals surface area contributed by atoms with Crippen molar-refractivity contribution in [2.45, 2.75) is 37.3 Å². The van der Waals surface area contributed by atoms with E-state index in [1.165, 1.54) is 6.20 Å². The van der Waals surface area contributed by atoms with Crippen LogP contribution in [0.15, 0.2) is 65.0 Å². The van der Waals surface area contributed by atoms with Crippen LogP contribution >= 0.6 is 0 Å². The van der Waals surface area contributed by atoms with Gasteiger partial charge < -0.3 is 44.4 Å². The van der Waals surface area contributed by atoms with E-state index in [4.69, 9.17) is 14.3 Å². The number of nitrogens with zero attached hydrogens (tertiary/aromatic N) is 6. The molecule has 200 valence electrons. The van der Waals surface area contributed by atoms with Gasteiger partial charge in [0.05, 0.1) is 37.7 Å². The number of ether oxygens (including phenoxy) is 2. The zero-order chi connectivity index (χ0) is 26.8. The Bertz CT molecular complexity index is 1420. The van der Waals surface area contributed by atoms with Crippen LogP contribution in [0, 0.1) is 0 Å². The SMILES string of the molecule is COc1ccc(N=Nc2c(O)n(Cc3cn(O[C@@H]4O[C@H](CO)[C@@H](O)[C@H](O)[C@H]4O)nn3)c3ccccc23)cc1. The highest BCUT2D eigenvalue weighted by Gasteiger charge is 2.45. The third kappa shape index (κ3) is 4.90. The number of aromatic nitrogens is 4. The van der Waals surface area contributed by atoms with E-state index in [1.54, 1.807) is 35.9 Å². The fourth-order valence-electron chi connectivity index (χ4n) is 4.11. The maximum Gasteiger partial charge on any atom is 0.256 e. The minimum absolute atomic E-state index is 0.0858. The molecule has 2 aromatic carbocycles. The van der Waals surface area contributed by atoms with Crippen molar-refractivity contribution in [3.63, 3.8) is 0 Å². The average molecular weight is 527 g/mol. The molecule has 0 amide bonds. The molecular formula is C24H26N6O8. The Hall–Kier alpha value is -4.08. The number of aromatic hydroxyl groups is 1. The van der Waals surface area contributed by atoms with Crippen LogP contribution in [0.2, 0.25) is 0 Å². The lowest BCUT2D eigenvalue weighted by Gasteiger charge is -2.38. The van der Waals surface area contributed by atoms with Gasteiger partial charge in [0.1, 0.15) is 35.9 Å². The summed E-state index contributed by atoms with van der Waals surface area (Å²) in [7, 11) is 1.57. The number of azo groups is 1. The lowest BCUT2D eigenvalue weighted by atomic mass is 9.99. The molecule has 1 fully saturated rings. The number of hydrogen-bond donors (Lipinski definition) is 5. The van der Waals surface area contributed by atoms with Crippen molar-refractivity contribution in [2.24, 2.45) is 10.2 Å². The summed E-state index contributed by atoms with van der Waals surface area (Å²) in [5.41, 5.74) is 1.92. The lowest BCUT2D eigenvalue weighted by molar-refractivity contribution is -0.303. The van der Waals surface area contributed by atoms with Crippen LogP contribution in [0.3, 0.4) is 0 Å². The van der Waals surface area contributed by atoms with E-state index >= 15 is 0 Å². The van der Waals surface area contributed by atoms with Gasteiger partial charge in [0, 0.05) is 5.39 Å². The molecule has 4 aromatic rings. The van der Waals surface area contributed by atoms with Crippen LogP contribution in [0.1, 0.15) is 5.69 Å². The number of fused-ring (bicyclic) bond motifs is 1. The highest BCUT2D eigenvalue weighted by molar-refractivity contribution is 5.95. The number of methoxy groups -OCH3 is 1. The van der Waals surface area contributed by atoms with E-state index in [9.17, 15) is 25.5 Å². The van der Waals surface area contributed by atoms with Crippen LogP contribution in [0.25, 0.3) is 10.9 Å². The third-order valence-corrected chi connectivity index (χ3v) is 6.16. The number of hydrogen-bond acceptors (Lipinski definition) is 12. The second-order valence-electron chi connectivity index (χ2n) is 8.59. The molecule has 5 atom stereocenters. The van der Waals surface area contributed by atoms with Gasteiger partial charge >= 0.3 is 0 Å². The quantitative estimate of drug-likeness (QED) is 0.204.